The van der Waals surface area contributed by atoms with E-state index in [9.17, 15) is 8.42 Å². The Morgan fingerprint density at radius 1 is 1.29 bits per heavy atom. The van der Waals surface area contributed by atoms with Gasteiger partial charge in [0.15, 0.2) is 9.84 Å². The number of sulfone groups is 1. The fourth-order valence-corrected chi connectivity index (χ4v) is 3.62. The molecule has 1 aromatic carbocycles. The Balaban J connectivity index is 2.11. The summed E-state index contributed by atoms with van der Waals surface area (Å²) in [5, 5.41) is 0. The average molecular weight is 275 g/mol. The maximum atomic E-state index is 12.1. The van der Waals surface area contributed by atoms with Crippen molar-refractivity contribution in [3.05, 3.63) is 29.8 Å². The summed E-state index contributed by atoms with van der Waals surface area (Å²) in [5.74, 6) is 0.0132. The van der Waals surface area contributed by atoms with Crippen molar-refractivity contribution in [1.29, 1.82) is 0 Å². The van der Waals surface area contributed by atoms with E-state index in [0.717, 1.165) is 12.0 Å². The van der Waals surface area contributed by atoms with E-state index in [1.807, 2.05) is 6.92 Å². The van der Waals surface area contributed by atoms with Crippen LogP contribution in [0.3, 0.4) is 0 Å². The van der Waals surface area contributed by atoms with Crippen LogP contribution >= 0.6 is 11.6 Å². The minimum absolute atomic E-state index is 0.0132. The average Bonchev–Trinajstić information content (AvgIpc) is 2.63. The number of benzene rings is 1. The van der Waals surface area contributed by atoms with Crippen molar-refractivity contribution in [2.45, 2.75) is 36.3 Å². The molecular formula is C12H15ClO3S. The standard InChI is InChI=1S/C12H15ClO3S/c1-9-2-5-11(6-3-9)17(14,15)8-10-4-7-12(13)16-10/h2-3,5-6,10,12H,4,7-8H2,1H3. The van der Waals surface area contributed by atoms with Crippen LogP contribution in [0.5, 0.6) is 0 Å². The van der Waals surface area contributed by atoms with Gasteiger partial charge < -0.3 is 4.74 Å². The van der Waals surface area contributed by atoms with Crippen molar-refractivity contribution in [3.8, 4) is 0 Å². The Labute approximate surface area is 107 Å². The zero-order chi connectivity index (χ0) is 12.5. The van der Waals surface area contributed by atoms with Crippen LogP contribution in [0.4, 0.5) is 0 Å². The second kappa shape index (κ2) is 4.96. The van der Waals surface area contributed by atoms with Crippen molar-refractivity contribution in [3.63, 3.8) is 0 Å². The third kappa shape index (κ3) is 3.21. The third-order valence-electron chi connectivity index (χ3n) is 2.84. The first-order chi connectivity index (χ1) is 7.97. The minimum Gasteiger partial charge on any atom is -0.358 e. The molecule has 2 rings (SSSR count). The maximum Gasteiger partial charge on any atom is 0.180 e. The second-order valence-corrected chi connectivity index (χ2v) is 6.86. The summed E-state index contributed by atoms with van der Waals surface area (Å²) in [6.45, 7) is 1.93. The highest BCUT2D eigenvalue weighted by Gasteiger charge is 2.28. The summed E-state index contributed by atoms with van der Waals surface area (Å²) >= 11 is 5.79. The molecule has 1 fully saturated rings. The van der Waals surface area contributed by atoms with E-state index < -0.39 is 9.84 Å². The van der Waals surface area contributed by atoms with E-state index in [1.54, 1.807) is 24.3 Å². The molecule has 1 heterocycles. The molecule has 0 bridgehead atoms. The Hall–Kier alpha value is -0.580. The largest absolute Gasteiger partial charge is 0.358 e. The first-order valence-electron chi connectivity index (χ1n) is 5.56. The lowest BCUT2D eigenvalue weighted by molar-refractivity contribution is 0.104. The lowest BCUT2D eigenvalue weighted by atomic mass is 10.2. The normalized spacial score (nSPS) is 25.1. The maximum absolute atomic E-state index is 12.1. The van der Waals surface area contributed by atoms with Crippen molar-refractivity contribution < 1.29 is 13.2 Å². The van der Waals surface area contributed by atoms with Gasteiger partial charge in [0.25, 0.3) is 0 Å². The number of aryl methyl sites for hydroxylation is 1. The molecule has 5 heteroatoms. The van der Waals surface area contributed by atoms with Crippen LogP contribution < -0.4 is 0 Å². The molecule has 2 unspecified atom stereocenters. The Bertz CT molecular complexity index is 481. The van der Waals surface area contributed by atoms with Crippen LogP contribution in [-0.4, -0.2) is 25.8 Å². The van der Waals surface area contributed by atoms with Gasteiger partial charge in [0.1, 0.15) is 5.56 Å². The third-order valence-corrected chi connectivity index (χ3v) is 4.96. The molecule has 1 aromatic rings. The summed E-state index contributed by atoms with van der Waals surface area (Å²) < 4.78 is 29.5. The van der Waals surface area contributed by atoms with Gasteiger partial charge in [-0.3, -0.25) is 0 Å². The van der Waals surface area contributed by atoms with Gasteiger partial charge in [-0.15, -0.1) is 0 Å². The van der Waals surface area contributed by atoms with Gasteiger partial charge in [0.2, 0.25) is 0 Å². The first-order valence-corrected chi connectivity index (χ1v) is 7.65. The zero-order valence-electron chi connectivity index (χ0n) is 9.60. The number of hydrogen-bond donors (Lipinski definition) is 0. The molecule has 0 saturated carbocycles. The van der Waals surface area contributed by atoms with E-state index in [4.69, 9.17) is 16.3 Å². The molecule has 1 saturated heterocycles. The molecule has 0 spiro atoms. The summed E-state index contributed by atoms with van der Waals surface area (Å²) in [7, 11) is -3.27. The lowest BCUT2D eigenvalue weighted by Gasteiger charge is -2.11. The smallest absolute Gasteiger partial charge is 0.180 e. The fourth-order valence-electron chi connectivity index (χ4n) is 1.87. The number of hydrogen-bond acceptors (Lipinski definition) is 3. The van der Waals surface area contributed by atoms with Gasteiger partial charge in [-0.2, -0.15) is 0 Å². The number of halogens is 1. The van der Waals surface area contributed by atoms with Gasteiger partial charge in [-0.25, -0.2) is 8.42 Å². The summed E-state index contributed by atoms with van der Waals surface area (Å²) in [6.07, 6.45) is 1.15. The molecule has 2 atom stereocenters. The van der Waals surface area contributed by atoms with Crippen LogP contribution in [0.1, 0.15) is 18.4 Å². The van der Waals surface area contributed by atoms with Gasteiger partial charge in [0, 0.05) is 0 Å². The summed E-state index contributed by atoms with van der Waals surface area (Å²) in [5.41, 5.74) is 0.704. The molecule has 0 aliphatic carbocycles. The highest BCUT2D eigenvalue weighted by atomic mass is 35.5. The predicted molar refractivity (Wildman–Crippen MR) is 67.0 cm³/mol. The van der Waals surface area contributed by atoms with E-state index in [-0.39, 0.29) is 17.4 Å². The lowest BCUT2D eigenvalue weighted by Crippen LogP contribution is -2.21. The topological polar surface area (TPSA) is 43.4 Å². The van der Waals surface area contributed by atoms with Crippen molar-refractivity contribution >= 4 is 21.4 Å². The fraction of sp³-hybridized carbons (Fsp3) is 0.500. The van der Waals surface area contributed by atoms with Crippen LogP contribution in [0.25, 0.3) is 0 Å². The second-order valence-electron chi connectivity index (χ2n) is 4.34. The van der Waals surface area contributed by atoms with E-state index in [2.05, 4.69) is 0 Å². The monoisotopic (exact) mass is 274 g/mol. The quantitative estimate of drug-likeness (QED) is 0.796. The Kier molecular flexibility index (Phi) is 3.76. The molecule has 3 nitrogen and oxygen atoms in total. The minimum atomic E-state index is -3.27. The molecular weight excluding hydrogens is 260 g/mol. The number of alkyl halides is 1. The van der Waals surface area contributed by atoms with E-state index in [1.165, 1.54) is 0 Å². The molecule has 94 valence electrons. The van der Waals surface area contributed by atoms with Gasteiger partial charge in [-0.1, -0.05) is 29.3 Å². The van der Waals surface area contributed by atoms with Crippen LogP contribution in [0.2, 0.25) is 0 Å². The highest BCUT2D eigenvalue weighted by Crippen LogP contribution is 2.25. The number of rotatable bonds is 3. The van der Waals surface area contributed by atoms with Crippen LogP contribution in [0, 0.1) is 6.92 Å². The molecule has 1 aliphatic heterocycles. The molecule has 0 radical (unpaired) electrons. The Morgan fingerprint density at radius 2 is 1.94 bits per heavy atom. The molecule has 0 amide bonds. The summed E-state index contributed by atoms with van der Waals surface area (Å²) in [6, 6.07) is 6.87. The van der Waals surface area contributed by atoms with Crippen LogP contribution in [-0.2, 0) is 14.6 Å². The van der Waals surface area contributed by atoms with Crippen molar-refractivity contribution in [2.75, 3.05) is 5.75 Å². The molecule has 1 aliphatic rings. The molecule has 0 aromatic heterocycles. The van der Waals surface area contributed by atoms with Crippen molar-refractivity contribution in [1.82, 2.24) is 0 Å². The van der Waals surface area contributed by atoms with Gasteiger partial charge in [-0.05, 0) is 31.9 Å². The Morgan fingerprint density at radius 3 is 2.47 bits per heavy atom. The summed E-state index contributed by atoms with van der Waals surface area (Å²) in [4.78, 5) is 0.352. The van der Waals surface area contributed by atoms with E-state index >= 15 is 0 Å². The van der Waals surface area contributed by atoms with Crippen molar-refractivity contribution in [2.24, 2.45) is 0 Å². The predicted octanol–water partition coefficient (Wildman–Crippen LogP) is 2.51. The van der Waals surface area contributed by atoms with Gasteiger partial charge in [0.05, 0.1) is 16.8 Å². The first kappa shape index (κ1) is 12.9. The molecule has 0 N–H and O–H groups in total. The number of ether oxygens (including phenoxy) is 1. The van der Waals surface area contributed by atoms with Crippen LogP contribution in [0.15, 0.2) is 29.2 Å². The highest BCUT2D eigenvalue weighted by molar-refractivity contribution is 7.91. The zero-order valence-corrected chi connectivity index (χ0v) is 11.2. The SMILES string of the molecule is Cc1ccc(S(=O)(=O)CC2CCC(Cl)O2)cc1. The van der Waals surface area contributed by atoms with E-state index in [0.29, 0.717) is 11.3 Å². The van der Waals surface area contributed by atoms with Gasteiger partial charge >= 0.3 is 0 Å². The molecule has 17 heavy (non-hydrogen) atoms.